The van der Waals surface area contributed by atoms with Crippen LogP contribution in [0, 0.1) is 0 Å². The molecule has 5 heterocycles. The van der Waals surface area contributed by atoms with Crippen molar-refractivity contribution in [3.05, 3.63) is 50.8 Å². The summed E-state index contributed by atoms with van der Waals surface area (Å²) in [5, 5.41) is 15.0. The Balaban J connectivity index is 1.57. The third-order valence-corrected chi connectivity index (χ3v) is 7.04. The Kier molecular flexibility index (Phi) is 5.06. The van der Waals surface area contributed by atoms with Gasteiger partial charge in [-0.15, -0.1) is 0 Å². The number of ether oxygens (including phenoxy) is 4. The second kappa shape index (κ2) is 8.04. The number of nitrogens with one attached hydrogen (secondary N) is 1. The maximum atomic E-state index is 13.5. The van der Waals surface area contributed by atoms with E-state index in [0.29, 0.717) is 65.8 Å². The molecule has 0 fully saturated rings. The number of aromatic nitrogens is 2. The van der Waals surface area contributed by atoms with Gasteiger partial charge in [-0.05, 0) is 31.2 Å². The second-order valence-electron chi connectivity index (χ2n) is 8.90. The van der Waals surface area contributed by atoms with E-state index in [-0.39, 0.29) is 25.4 Å². The quantitative estimate of drug-likeness (QED) is 0.313. The molecule has 0 saturated heterocycles. The second-order valence-corrected chi connectivity index (χ2v) is 8.90. The van der Waals surface area contributed by atoms with Crippen LogP contribution in [0.15, 0.2) is 23.0 Å². The molecule has 10 heteroatoms. The lowest BCUT2D eigenvalue weighted by atomic mass is 9.86. The molecule has 3 aliphatic rings. The Hall–Kier alpha value is -3.47. The van der Waals surface area contributed by atoms with Crippen LogP contribution in [0.4, 0.5) is 0 Å². The van der Waals surface area contributed by atoms with E-state index in [4.69, 9.17) is 23.9 Å². The minimum Gasteiger partial charge on any atom is -0.458 e. The molecule has 0 radical (unpaired) electrons. The lowest BCUT2D eigenvalue weighted by Gasteiger charge is -2.31. The molecule has 3 aromatic rings. The van der Waals surface area contributed by atoms with Gasteiger partial charge in [0.15, 0.2) is 17.1 Å². The number of hydrogen-bond acceptors (Lipinski definition) is 9. The summed E-state index contributed by atoms with van der Waals surface area (Å²) in [7, 11) is 1.86. The first-order chi connectivity index (χ1) is 17.0. The monoisotopic (exact) mass is 479 g/mol. The van der Waals surface area contributed by atoms with Crippen LogP contribution in [0.1, 0.15) is 35.6 Å². The van der Waals surface area contributed by atoms with Crippen LogP contribution in [0.2, 0.25) is 0 Å². The minimum atomic E-state index is -1.87. The molecule has 0 amide bonds. The number of carbonyl (C=O) groups excluding carboxylic acids is 1. The molecule has 0 bridgehead atoms. The van der Waals surface area contributed by atoms with Crippen LogP contribution in [0.5, 0.6) is 11.5 Å². The number of fused-ring (bicyclic) bond motifs is 6. The summed E-state index contributed by atoms with van der Waals surface area (Å²) in [6, 6.07) is 5.44. The average Bonchev–Trinajstić information content (AvgIpc) is 3.47. The van der Waals surface area contributed by atoms with Crippen molar-refractivity contribution >= 4 is 16.9 Å². The Morgan fingerprint density at radius 2 is 1.97 bits per heavy atom. The number of pyridine rings is 2. The number of esters is 1. The topological polar surface area (TPSA) is 121 Å². The van der Waals surface area contributed by atoms with E-state index in [1.54, 1.807) is 17.6 Å². The van der Waals surface area contributed by atoms with E-state index in [1.165, 1.54) is 0 Å². The number of cyclic esters (lactones) is 1. The normalized spacial score (nSPS) is 19.5. The van der Waals surface area contributed by atoms with Crippen molar-refractivity contribution in [1.29, 1.82) is 0 Å². The molecule has 1 aromatic carbocycles. The van der Waals surface area contributed by atoms with Gasteiger partial charge in [0.05, 0.1) is 42.2 Å². The molecule has 0 unspecified atom stereocenters. The zero-order valence-electron chi connectivity index (χ0n) is 19.5. The highest BCUT2D eigenvalue weighted by atomic mass is 16.7. The molecular formula is C25H25N3O7. The summed E-state index contributed by atoms with van der Waals surface area (Å²) in [5.41, 5.74) is 2.07. The first-order valence-electron chi connectivity index (χ1n) is 11.6. The van der Waals surface area contributed by atoms with Gasteiger partial charge in [-0.3, -0.25) is 4.79 Å². The molecule has 1 atom stereocenters. The van der Waals surface area contributed by atoms with Crippen LogP contribution in [-0.2, 0) is 39.6 Å². The molecule has 182 valence electrons. The zero-order valence-corrected chi connectivity index (χ0v) is 19.5. The highest BCUT2D eigenvalue weighted by Crippen LogP contribution is 2.43. The van der Waals surface area contributed by atoms with E-state index in [0.717, 1.165) is 16.5 Å². The maximum Gasteiger partial charge on any atom is 0.343 e. The van der Waals surface area contributed by atoms with Crippen molar-refractivity contribution in [3.8, 4) is 22.9 Å². The number of nitrogens with zero attached hydrogens (tertiary/aromatic N) is 2. The van der Waals surface area contributed by atoms with Crippen LogP contribution >= 0.6 is 0 Å². The third-order valence-electron chi connectivity index (χ3n) is 7.04. The molecule has 0 spiro atoms. The van der Waals surface area contributed by atoms with E-state index in [2.05, 4.69) is 5.32 Å². The lowest BCUT2D eigenvalue weighted by Crippen LogP contribution is -2.44. The van der Waals surface area contributed by atoms with Crippen LogP contribution in [0.25, 0.3) is 22.3 Å². The van der Waals surface area contributed by atoms with Crippen molar-refractivity contribution < 1.29 is 28.8 Å². The van der Waals surface area contributed by atoms with Gasteiger partial charge in [-0.25, -0.2) is 9.78 Å². The van der Waals surface area contributed by atoms with E-state index in [1.807, 2.05) is 19.2 Å². The van der Waals surface area contributed by atoms with E-state index >= 15 is 0 Å². The number of hydrogen-bond donors (Lipinski definition) is 2. The summed E-state index contributed by atoms with van der Waals surface area (Å²) in [6.45, 7) is 3.52. The highest BCUT2D eigenvalue weighted by molar-refractivity contribution is 5.91. The molecular weight excluding hydrogens is 454 g/mol. The molecule has 35 heavy (non-hydrogen) atoms. The fourth-order valence-electron chi connectivity index (χ4n) is 5.07. The molecule has 2 aromatic heterocycles. The van der Waals surface area contributed by atoms with Gasteiger partial charge in [0, 0.05) is 29.1 Å². The number of likely N-dealkylation sites (N-methyl/N-ethyl adjacent to an activating group) is 1. The summed E-state index contributed by atoms with van der Waals surface area (Å²) >= 11 is 0. The molecule has 6 rings (SSSR count). The molecule has 0 aliphatic carbocycles. The Morgan fingerprint density at radius 1 is 1.17 bits per heavy atom. The first-order valence-corrected chi connectivity index (χ1v) is 11.6. The van der Waals surface area contributed by atoms with Gasteiger partial charge < -0.3 is 33.9 Å². The predicted octanol–water partition coefficient (Wildman–Crippen LogP) is 1.54. The van der Waals surface area contributed by atoms with Gasteiger partial charge in [-0.1, -0.05) is 6.92 Å². The van der Waals surface area contributed by atoms with Gasteiger partial charge >= 0.3 is 5.97 Å². The van der Waals surface area contributed by atoms with Crippen LogP contribution in [0.3, 0.4) is 0 Å². The summed E-state index contributed by atoms with van der Waals surface area (Å²) in [4.78, 5) is 30.8. The maximum absolute atomic E-state index is 13.5. The number of carbonyl (C=O) groups is 1. The molecule has 3 aliphatic heterocycles. The van der Waals surface area contributed by atoms with Crippen molar-refractivity contribution in [1.82, 2.24) is 14.9 Å². The van der Waals surface area contributed by atoms with Crippen molar-refractivity contribution in [2.45, 2.75) is 38.7 Å². The van der Waals surface area contributed by atoms with E-state index in [9.17, 15) is 14.7 Å². The number of rotatable bonds is 6. The third kappa shape index (κ3) is 3.17. The van der Waals surface area contributed by atoms with Crippen LogP contribution in [-0.4, -0.2) is 47.6 Å². The lowest BCUT2D eigenvalue weighted by molar-refractivity contribution is -0.172. The van der Waals surface area contributed by atoms with Gasteiger partial charge in [0.2, 0.25) is 6.79 Å². The SMILES string of the molecule is CC[C@@]1(O)C(=O)OCc2c1cc1n(c2=O)Cc2c-1nc1cc3c(cc1c2COCCNC)OCO3. The number of benzene rings is 1. The Labute approximate surface area is 200 Å². The van der Waals surface area contributed by atoms with Crippen LogP contribution < -0.4 is 20.3 Å². The number of aliphatic hydroxyl groups is 1. The average molecular weight is 479 g/mol. The van der Waals surface area contributed by atoms with Crippen molar-refractivity contribution in [2.75, 3.05) is 27.0 Å². The van der Waals surface area contributed by atoms with E-state index < -0.39 is 11.6 Å². The standard InChI is InChI=1S/C25H25N3O7/c1-3-25(31)17-7-19-22-14(9-28(19)23(29)16(17)11-33-24(25)30)15(10-32-5-4-26-2)13-6-20-21(35-12-34-20)8-18(13)27-22/h6-8,26,31H,3-5,9-12H2,1-2H3/t25-/m0/s1. The predicted molar refractivity (Wildman–Crippen MR) is 124 cm³/mol. The molecule has 2 N–H and O–H groups in total. The van der Waals surface area contributed by atoms with Gasteiger partial charge in [0.1, 0.15) is 6.61 Å². The largest absolute Gasteiger partial charge is 0.458 e. The Bertz CT molecular complexity index is 1450. The fourth-order valence-corrected chi connectivity index (χ4v) is 5.07. The molecule has 0 saturated carbocycles. The van der Waals surface area contributed by atoms with Crippen molar-refractivity contribution in [2.24, 2.45) is 0 Å². The van der Waals surface area contributed by atoms with Gasteiger partial charge in [0.25, 0.3) is 5.56 Å². The minimum absolute atomic E-state index is 0.0910. The zero-order chi connectivity index (χ0) is 24.3. The summed E-state index contributed by atoms with van der Waals surface area (Å²) < 4.78 is 23.9. The molecule has 10 nitrogen and oxygen atoms in total. The summed E-state index contributed by atoms with van der Waals surface area (Å²) in [6.07, 6.45) is 0.0910. The smallest absolute Gasteiger partial charge is 0.343 e. The van der Waals surface area contributed by atoms with Gasteiger partial charge in [-0.2, -0.15) is 0 Å². The fraction of sp³-hybridized carbons (Fsp3) is 0.400. The summed E-state index contributed by atoms with van der Waals surface area (Å²) in [5.74, 6) is 0.506. The van der Waals surface area contributed by atoms with Crippen molar-refractivity contribution in [3.63, 3.8) is 0 Å². The highest BCUT2D eigenvalue weighted by Gasteiger charge is 2.45. The first kappa shape index (κ1) is 22.0. The Morgan fingerprint density at radius 3 is 2.74 bits per heavy atom.